The van der Waals surface area contributed by atoms with Gasteiger partial charge in [0.25, 0.3) is 0 Å². The second-order valence-corrected chi connectivity index (χ2v) is 7.76. The summed E-state index contributed by atoms with van der Waals surface area (Å²) in [7, 11) is -3.74. The summed E-state index contributed by atoms with van der Waals surface area (Å²) in [6.45, 7) is 6.00. The van der Waals surface area contributed by atoms with Gasteiger partial charge in [-0.25, -0.2) is 13.6 Å². The number of carbonyl (C=O) groups excluding carboxylic acids is 1. The molecule has 0 unspecified atom stereocenters. The van der Waals surface area contributed by atoms with Gasteiger partial charge in [0.2, 0.25) is 15.9 Å². The van der Waals surface area contributed by atoms with Crippen molar-refractivity contribution in [2.75, 3.05) is 10.6 Å². The van der Waals surface area contributed by atoms with Crippen LogP contribution in [0.4, 0.5) is 11.4 Å². The van der Waals surface area contributed by atoms with Gasteiger partial charge in [-0.15, -0.1) is 0 Å². The Labute approximate surface area is 148 Å². The highest BCUT2D eigenvalue weighted by Crippen LogP contribution is 2.18. The van der Waals surface area contributed by atoms with Crippen LogP contribution in [0, 0.1) is 0 Å². The van der Waals surface area contributed by atoms with Crippen molar-refractivity contribution >= 4 is 27.3 Å². The van der Waals surface area contributed by atoms with Crippen LogP contribution in [0.3, 0.4) is 0 Å². The van der Waals surface area contributed by atoms with Crippen LogP contribution in [0.15, 0.2) is 53.4 Å². The number of nitrogens with one attached hydrogen (secondary N) is 2. The molecule has 1 amide bonds. The molecule has 0 fully saturated rings. The fraction of sp³-hybridized carbons (Fsp3) is 0.278. The molecule has 0 saturated carbocycles. The van der Waals surface area contributed by atoms with Gasteiger partial charge in [0, 0.05) is 11.4 Å². The Kier molecular flexibility index (Phi) is 5.81. The maximum absolute atomic E-state index is 12.3. The predicted octanol–water partition coefficient (Wildman–Crippen LogP) is 2.90. The smallest absolute Gasteiger partial charge is 0.246 e. The van der Waals surface area contributed by atoms with Gasteiger partial charge < -0.3 is 10.6 Å². The summed E-state index contributed by atoms with van der Waals surface area (Å²) in [6, 6.07) is 13.2. The first-order valence-electron chi connectivity index (χ1n) is 7.97. The Morgan fingerprint density at radius 1 is 0.920 bits per heavy atom. The summed E-state index contributed by atoms with van der Waals surface area (Å²) in [6.07, 6.45) is 0. The minimum absolute atomic E-state index is 0.00177. The first-order valence-corrected chi connectivity index (χ1v) is 9.51. The summed E-state index contributed by atoms with van der Waals surface area (Å²) < 4.78 is 22.4. The number of rotatable bonds is 6. The van der Waals surface area contributed by atoms with E-state index in [1.54, 1.807) is 6.92 Å². The Balaban J connectivity index is 1.98. The van der Waals surface area contributed by atoms with E-state index < -0.39 is 16.1 Å². The number of amides is 1. The number of nitrogens with two attached hydrogens (primary N) is 1. The molecule has 0 bridgehead atoms. The van der Waals surface area contributed by atoms with Crippen molar-refractivity contribution < 1.29 is 13.2 Å². The molecule has 25 heavy (non-hydrogen) atoms. The van der Waals surface area contributed by atoms with Crippen LogP contribution < -0.4 is 15.8 Å². The zero-order valence-electron chi connectivity index (χ0n) is 14.5. The Morgan fingerprint density at radius 3 is 1.92 bits per heavy atom. The number of benzene rings is 2. The Morgan fingerprint density at radius 2 is 1.44 bits per heavy atom. The van der Waals surface area contributed by atoms with Crippen molar-refractivity contribution in [3.63, 3.8) is 0 Å². The van der Waals surface area contributed by atoms with Crippen molar-refractivity contribution in [3.8, 4) is 0 Å². The number of hydrogen-bond donors (Lipinski definition) is 3. The van der Waals surface area contributed by atoms with E-state index in [-0.39, 0.29) is 10.8 Å². The van der Waals surface area contributed by atoms with E-state index in [4.69, 9.17) is 5.14 Å². The number of anilines is 2. The molecular formula is C18H23N3O3S. The first-order chi connectivity index (χ1) is 11.7. The van der Waals surface area contributed by atoms with Gasteiger partial charge in [-0.05, 0) is 54.8 Å². The molecule has 0 heterocycles. The highest BCUT2D eigenvalue weighted by atomic mass is 32.2. The average Bonchev–Trinajstić information content (AvgIpc) is 2.55. The minimum atomic E-state index is -3.74. The third kappa shape index (κ3) is 5.30. The first kappa shape index (κ1) is 19.0. The van der Waals surface area contributed by atoms with Crippen LogP contribution in [0.5, 0.6) is 0 Å². The molecule has 0 aromatic heterocycles. The number of hydrogen-bond acceptors (Lipinski definition) is 4. The molecular weight excluding hydrogens is 338 g/mol. The average molecular weight is 361 g/mol. The Hall–Kier alpha value is -2.38. The lowest BCUT2D eigenvalue weighted by atomic mass is 10.0. The summed E-state index contributed by atoms with van der Waals surface area (Å²) in [5, 5.41) is 10.9. The highest BCUT2D eigenvalue weighted by Gasteiger charge is 2.14. The summed E-state index contributed by atoms with van der Waals surface area (Å²) in [5.74, 6) is 0.228. The van der Waals surface area contributed by atoms with Crippen LogP contribution in [-0.2, 0) is 14.8 Å². The summed E-state index contributed by atoms with van der Waals surface area (Å²) >= 11 is 0. The zero-order chi connectivity index (χ0) is 18.6. The fourth-order valence-corrected chi connectivity index (χ4v) is 2.77. The number of primary sulfonamides is 1. The molecule has 4 N–H and O–H groups in total. The molecule has 134 valence electrons. The normalized spacial score (nSPS) is 12.7. The summed E-state index contributed by atoms with van der Waals surface area (Å²) in [4.78, 5) is 12.3. The third-order valence-electron chi connectivity index (χ3n) is 3.80. The van der Waals surface area contributed by atoms with Crippen molar-refractivity contribution in [1.29, 1.82) is 0 Å². The van der Waals surface area contributed by atoms with Crippen LogP contribution in [-0.4, -0.2) is 20.4 Å². The molecule has 2 aromatic carbocycles. The van der Waals surface area contributed by atoms with E-state index in [0.29, 0.717) is 11.6 Å². The molecule has 2 aromatic rings. The van der Waals surface area contributed by atoms with Crippen LogP contribution >= 0.6 is 0 Å². The van der Waals surface area contributed by atoms with Gasteiger partial charge in [-0.2, -0.15) is 0 Å². The lowest BCUT2D eigenvalue weighted by Crippen LogP contribution is -2.31. The van der Waals surface area contributed by atoms with E-state index >= 15 is 0 Å². The second-order valence-electron chi connectivity index (χ2n) is 6.20. The van der Waals surface area contributed by atoms with Crippen molar-refractivity contribution in [1.82, 2.24) is 0 Å². The molecule has 0 aliphatic heterocycles. The molecule has 6 nitrogen and oxygen atoms in total. The minimum Gasteiger partial charge on any atom is -0.374 e. The second kappa shape index (κ2) is 7.67. The standard InChI is InChI=1S/C18H23N3O3S/c1-12(2)14-4-6-15(7-5-14)20-13(3)18(22)21-16-8-10-17(11-9-16)25(19,23)24/h4-13,20H,1-3H3,(H,21,22)(H2,19,23,24)/t13-/m1/s1. The van der Waals surface area contributed by atoms with Gasteiger partial charge in [0.15, 0.2) is 0 Å². The molecule has 0 saturated heterocycles. The quantitative estimate of drug-likeness (QED) is 0.736. The molecule has 2 rings (SSSR count). The number of carbonyl (C=O) groups is 1. The van der Waals surface area contributed by atoms with Gasteiger partial charge in [0.1, 0.15) is 6.04 Å². The predicted molar refractivity (Wildman–Crippen MR) is 100 cm³/mol. The van der Waals surface area contributed by atoms with Gasteiger partial charge in [-0.3, -0.25) is 4.79 Å². The summed E-state index contributed by atoms with van der Waals surface area (Å²) in [5.41, 5.74) is 2.59. The third-order valence-corrected chi connectivity index (χ3v) is 4.73. The van der Waals surface area contributed by atoms with Crippen molar-refractivity contribution in [2.45, 2.75) is 37.6 Å². The van der Waals surface area contributed by atoms with E-state index in [0.717, 1.165) is 5.69 Å². The largest absolute Gasteiger partial charge is 0.374 e. The highest BCUT2D eigenvalue weighted by molar-refractivity contribution is 7.89. The van der Waals surface area contributed by atoms with Crippen molar-refractivity contribution in [2.24, 2.45) is 5.14 Å². The molecule has 0 spiro atoms. The number of sulfonamides is 1. The Bertz CT molecular complexity index is 829. The monoisotopic (exact) mass is 361 g/mol. The topological polar surface area (TPSA) is 101 Å². The zero-order valence-corrected chi connectivity index (χ0v) is 15.3. The van der Waals surface area contributed by atoms with Gasteiger partial charge >= 0.3 is 0 Å². The molecule has 0 aliphatic carbocycles. The lowest BCUT2D eigenvalue weighted by Gasteiger charge is -2.16. The molecule has 7 heteroatoms. The molecule has 0 radical (unpaired) electrons. The van der Waals surface area contributed by atoms with E-state index in [2.05, 4.69) is 24.5 Å². The lowest BCUT2D eigenvalue weighted by molar-refractivity contribution is -0.116. The van der Waals surface area contributed by atoms with E-state index in [1.165, 1.54) is 29.8 Å². The van der Waals surface area contributed by atoms with Crippen molar-refractivity contribution in [3.05, 3.63) is 54.1 Å². The maximum Gasteiger partial charge on any atom is 0.246 e. The SMILES string of the molecule is CC(C)c1ccc(N[C@H](C)C(=O)Nc2ccc(S(N)(=O)=O)cc2)cc1. The molecule has 1 atom stereocenters. The van der Waals surface area contributed by atoms with Crippen LogP contribution in [0.25, 0.3) is 0 Å². The van der Waals surface area contributed by atoms with Crippen LogP contribution in [0.2, 0.25) is 0 Å². The van der Waals surface area contributed by atoms with Crippen LogP contribution in [0.1, 0.15) is 32.3 Å². The van der Waals surface area contributed by atoms with Gasteiger partial charge in [-0.1, -0.05) is 26.0 Å². The van der Waals surface area contributed by atoms with E-state index in [1.807, 2.05) is 24.3 Å². The maximum atomic E-state index is 12.3. The molecule has 0 aliphatic rings. The fourth-order valence-electron chi connectivity index (χ4n) is 2.26. The van der Waals surface area contributed by atoms with Gasteiger partial charge in [0.05, 0.1) is 4.90 Å². The van der Waals surface area contributed by atoms with E-state index in [9.17, 15) is 13.2 Å².